The molecule has 1 saturated heterocycles. The summed E-state index contributed by atoms with van der Waals surface area (Å²) in [5.74, 6) is 2.67. The van der Waals surface area contributed by atoms with Gasteiger partial charge in [0.1, 0.15) is 23.9 Å². The monoisotopic (exact) mass is 557 g/mol. The molecule has 5 aromatic rings. The Hall–Kier alpha value is -5.11. The van der Waals surface area contributed by atoms with E-state index in [1.165, 1.54) is 5.57 Å². The topological polar surface area (TPSA) is 95.0 Å². The summed E-state index contributed by atoms with van der Waals surface area (Å²) in [6, 6.07) is 29.3. The summed E-state index contributed by atoms with van der Waals surface area (Å²) in [5.41, 5.74) is 11.4. The molecular formula is C34H31N5O3. The zero-order valence-corrected chi connectivity index (χ0v) is 23.1. The number of amides is 1. The molecule has 1 aliphatic carbocycles. The minimum absolute atomic E-state index is 0.100. The summed E-state index contributed by atoms with van der Waals surface area (Å²) in [7, 11) is 0. The van der Waals surface area contributed by atoms with Crippen molar-refractivity contribution in [2.24, 2.45) is 5.41 Å². The molecular weight excluding hydrogens is 526 g/mol. The van der Waals surface area contributed by atoms with E-state index in [0.717, 1.165) is 58.9 Å². The molecule has 210 valence electrons. The van der Waals surface area contributed by atoms with E-state index in [9.17, 15) is 4.79 Å². The van der Waals surface area contributed by atoms with Gasteiger partial charge < -0.3 is 20.1 Å². The fraction of sp³-hybridized carbons (Fsp3) is 0.206. The Bertz CT molecular complexity index is 1760. The van der Waals surface area contributed by atoms with Crippen LogP contribution in [0.25, 0.3) is 22.5 Å². The maximum atomic E-state index is 12.6. The summed E-state index contributed by atoms with van der Waals surface area (Å²) in [6.45, 7) is 1.73. The maximum absolute atomic E-state index is 12.6. The van der Waals surface area contributed by atoms with Gasteiger partial charge in [-0.3, -0.25) is 4.40 Å². The molecule has 0 unspecified atom stereocenters. The highest BCUT2D eigenvalue weighted by atomic mass is 16.6. The van der Waals surface area contributed by atoms with E-state index in [0.29, 0.717) is 25.6 Å². The zero-order chi connectivity index (χ0) is 28.5. The molecule has 2 N–H and O–H groups in total. The predicted octanol–water partition coefficient (Wildman–Crippen LogP) is 6.98. The smallest absolute Gasteiger partial charge is 0.410 e. The molecule has 0 bridgehead atoms. The van der Waals surface area contributed by atoms with Gasteiger partial charge in [0.15, 0.2) is 0 Å². The number of nitrogen functional groups attached to an aromatic ring is 1. The van der Waals surface area contributed by atoms with Crippen molar-refractivity contribution >= 4 is 23.1 Å². The third-order valence-corrected chi connectivity index (χ3v) is 8.20. The first-order valence-corrected chi connectivity index (χ1v) is 14.2. The van der Waals surface area contributed by atoms with Gasteiger partial charge in [-0.1, -0.05) is 54.6 Å². The van der Waals surface area contributed by atoms with E-state index in [1.807, 2.05) is 100 Å². The van der Waals surface area contributed by atoms with Crippen LogP contribution >= 0.6 is 0 Å². The number of hydrogen-bond acceptors (Lipinski definition) is 6. The quantitative estimate of drug-likeness (QED) is 0.242. The highest BCUT2D eigenvalue weighted by Crippen LogP contribution is 2.46. The Balaban J connectivity index is 1.07. The van der Waals surface area contributed by atoms with Crippen molar-refractivity contribution in [1.82, 2.24) is 19.3 Å². The van der Waals surface area contributed by atoms with Crippen LogP contribution in [0.2, 0.25) is 0 Å². The second kappa shape index (κ2) is 10.7. The van der Waals surface area contributed by atoms with E-state index in [4.69, 9.17) is 20.2 Å². The van der Waals surface area contributed by atoms with Gasteiger partial charge in [-0.05, 0) is 72.9 Å². The highest BCUT2D eigenvalue weighted by molar-refractivity contribution is 5.81. The number of allylic oxidation sites excluding steroid dienone is 2. The van der Waals surface area contributed by atoms with Gasteiger partial charge in [0.2, 0.25) is 5.95 Å². The molecule has 2 aliphatic rings. The highest BCUT2D eigenvalue weighted by Gasteiger charge is 2.46. The normalized spacial score (nSPS) is 15.7. The molecule has 0 radical (unpaired) electrons. The van der Waals surface area contributed by atoms with Crippen molar-refractivity contribution in [1.29, 1.82) is 0 Å². The first-order chi connectivity index (χ1) is 20.6. The molecule has 7 rings (SSSR count). The van der Waals surface area contributed by atoms with E-state index in [2.05, 4.69) is 11.1 Å². The second-order valence-electron chi connectivity index (χ2n) is 11.1. The molecule has 1 aliphatic heterocycles. The van der Waals surface area contributed by atoms with Crippen LogP contribution in [-0.2, 0) is 11.3 Å². The molecule has 8 nitrogen and oxygen atoms in total. The Morgan fingerprint density at radius 1 is 0.905 bits per heavy atom. The maximum Gasteiger partial charge on any atom is 0.410 e. The predicted molar refractivity (Wildman–Crippen MR) is 162 cm³/mol. The summed E-state index contributed by atoms with van der Waals surface area (Å²) in [5, 5.41) is 0. The van der Waals surface area contributed by atoms with E-state index < -0.39 is 0 Å². The number of anilines is 1. The van der Waals surface area contributed by atoms with Crippen molar-refractivity contribution in [3.8, 4) is 22.9 Å². The van der Waals surface area contributed by atoms with E-state index >= 15 is 0 Å². The van der Waals surface area contributed by atoms with Crippen LogP contribution in [0.4, 0.5) is 10.7 Å². The Morgan fingerprint density at radius 2 is 1.62 bits per heavy atom. The van der Waals surface area contributed by atoms with Gasteiger partial charge in [0.25, 0.3) is 0 Å². The molecule has 42 heavy (non-hydrogen) atoms. The summed E-state index contributed by atoms with van der Waals surface area (Å²) in [6.07, 6.45) is 6.53. The molecule has 0 atom stereocenters. The number of para-hydroxylation sites is 1. The number of carbonyl (C=O) groups is 1. The molecule has 0 saturated carbocycles. The van der Waals surface area contributed by atoms with Crippen molar-refractivity contribution in [2.45, 2.75) is 25.9 Å². The average molecular weight is 558 g/mol. The van der Waals surface area contributed by atoms with Gasteiger partial charge in [-0.15, -0.1) is 0 Å². The van der Waals surface area contributed by atoms with Crippen molar-refractivity contribution in [2.75, 3.05) is 18.8 Å². The van der Waals surface area contributed by atoms with Crippen LogP contribution in [-0.4, -0.2) is 38.5 Å². The van der Waals surface area contributed by atoms with Crippen molar-refractivity contribution in [3.05, 3.63) is 115 Å². The van der Waals surface area contributed by atoms with Crippen LogP contribution in [0.3, 0.4) is 0 Å². The Labute approximate surface area is 244 Å². The number of hydrogen-bond donors (Lipinski definition) is 1. The lowest BCUT2D eigenvalue weighted by atomic mass is 9.69. The molecule has 1 spiro atoms. The number of ether oxygens (including phenoxy) is 2. The van der Waals surface area contributed by atoms with Crippen LogP contribution in [0, 0.1) is 5.41 Å². The SMILES string of the molecule is Nc1nccc2c(C3=CCC4(CC3)CN(C(=O)OCc3ccccc3)C4)nc(-c3ccc(Oc4ccccc4)cc3)n12. The fourth-order valence-electron chi connectivity index (χ4n) is 5.94. The van der Waals surface area contributed by atoms with Crippen molar-refractivity contribution < 1.29 is 14.3 Å². The molecule has 3 aromatic carbocycles. The number of likely N-dealkylation sites (tertiary alicyclic amines) is 1. The van der Waals surface area contributed by atoms with Gasteiger partial charge in [0, 0.05) is 30.3 Å². The number of benzene rings is 3. The minimum atomic E-state index is -0.243. The molecule has 1 amide bonds. The molecule has 2 aromatic heterocycles. The van der Waals surface area contributed by atoms with E-state index in [-0.39, 0.29) is 11.5 Å². The third kappa shape index (κ3) is 4.96. The minimum Gasteiger partial charge on any atom is -0.457 e. The lowest BCUT2D eigenvalue weighted by Gasteiger charge is -2.51. The largest absolute Gasteiger partial charge is 0.457 e. The number of imidazole rings is 1. The fourth-order valence-corrected chi connectivity index (χ4v) is 5.94. The van der Waals surface area contributed by atoms with Crippen LogP contribution in [0.15, 0.2) is 103 Å². The van der Waals surface area contributed by atoms with Crippen LogP contribution < -0.4 is 10.5 Å². The van der Waals surface area contributed by atoms with E-state index in [1.54, 1.807) is 6.20 Å². The summed E-state index contributed by atoms with van der Waals surface area (Å²) in [4.78, 5) is 23.8. The molecule has 1 fully saturated rings. The number of aromatic nitrogens is 3. The first-order valence-electron chi connectivity index (χ1n) is 14.2. The number of carbonyl (C=O) groups excluding carboxylic acids is 1. The number of nitrogens with zero attached hydrogens (tertiary/aromatic N) is 4. The van der Waals surface area contributed by atoms with Gasteiger partial charge in [0.05, 0.1) is 11.2 Å². The van der Waals surface area contributed by atoms with Crippen LogP contribution in [0.5, 0.6) is 11.5 Å². The molecule has 8 heteroatoms. The lowest BCUT2D eigenvalue weighted by molar-refractivity contribution is -0.0104. The number of fused-ring (bicyclic) bond motifs is 1. The Morgan fingerprint density at radius 3 is 2.33 bits per heavy atom. The number of rotatable bonds is 6. The van der Waals surface area contributed by atoms with Gasteiger partial charge >= 0.3 is 6.09 Å². The standard InChI is InChI=1S/C34H31N5O3/c35-32-36-20-17-29-30(37-31(39(29)32)26-11-13-28(14-12-26)42-27-9-5-2-6-10-27)25-15-18-34(19-16-25)22-38(23-34)33(40)41-21-24-7-3-1-4-8-24/h1-15,17,20H,16,18-19,21-23H2,(H2,35,36). The summed E-state index contributed by atoms with van der Waals surface area (Å²) >= 11 is 0. The Kier molecular flexibility index (Phi) is 6.58. The first kappa shape index (κ1) is 25.8. The number of nitrogens with two attached hydrogens (primary N) is 1. The van der Waals surface area contributed by atoms with Crippen LogP contribution in [0.1, 0.15) is 30.5 Å². The lowest BCUT2D eigenvalue weighted by Crippen LogP contribution is -2.58. The third-order valence-electron chi connectivity index (χ3n) is 8.20. The zero-order valence-electron chi connectivity index (χ0n) is 23.1. The summed E-state index contributed by atoms with van der Waals surface area (Å²) < 4.78 is 13.4. The average Bonchev–Trinajstić information content (AvgIpc) is 3.41. The van der Waals surface area contributed by atoms with Crippen molar-refractivity contribution in [3.63, 3.8) is 0 Å². The second-order valence-corrected chi connectivity index (χ2v) is 11.1. The van der Waals surface area contributed by atoms with Gasteiger partial charge in [-0.2, -0.15) is 0 Å². The molecule has 3 heterocycles. The van der Waals surface area contributed by atoms with Gasteiger partial charge in [-0.25, -0.2) is 14.8 Å².